The Bertz CT molecular complexity index is 1110. The van der Waals surface area contributed by atoms with Crippen molar-refractivity contribution < 1.29 is 23.7 Å². The van der Waals surface area contributed by atoms with Gasteiger partial charge in [-0.25, -0.2) is 4.99 Å². The van der Waals surface area contributed by atoms with E-state index in [2.05, 4.69) is 0 Å². The highest BCUT2D eigenvalue weighted by Gasteiger charge is 2.58. The monoisotopic (exact) mass is 437 g/mol. The lowest BCUT2D eigenvalue weighted by atomic mass is 9.74. The molecule has 1 amide bonds. The fourth-order valence-electron chi connectivity index (χ4n) is 5.01. The number of nitrogens with two attached hydrogens (primary N) is 1. The van der Waals surface area contributed by atoms with Gasteiger partial charge in [-0.3, -0.25) is 9.69 Å². The Morgan fingerprint density at radius 3 is 2.50 bits per heavy atom. The summed E-state index contributed by atoms with van der Waals surface area (Å²) in [4.78, 5) is 19.7. The number of amides is 1. The van der Waals surface area contributed by atoms with Crippen molar-refractivity contribution in [1.29, 1.82) is 0 Å². The van der Waals surface area contributed by atoms with Gasteiger partial charge in [0.15, 0.2) is 23.0 Å². The van der Waals surface area contributed by atoms with Crippen LogP contribution in [0.4, 0.5) is 0 Å². The van der Waals surface area contributed by atoms with Crippen molar-refractivity contribution in [1.82, 2.24) is 4.90 Å². The number of rotatable bonds is 3. The molecule has 1 fully saturated rings. The van der Waals surface area contributed by atoms with Gasteiger partial charge in [-0.1, -0.05) is 12.1 Å². The zero-order chi connectivity index (χ0) is 22.5. The Morgan fingerprint density at radius 2 is 1.84 bits per heavy atom. The third kappa shape index (κ3) is 3.01. The van der Waals surface area contributed by atoms with Crippen LogP contribution < -0.4 is 19.9 Å². The van der Waals surface area contributed by atoms with E-state index >= 15 is 0 Å². The number of guanidine groups is 1. The average Bonchev–Trinajstić information content (AvgIpc) is 3.02. The predicted octanol–water partition coefficient (Wildman–Crippen LogP) is 2.68. The SMILES string of the molecule is COc1ccc(-c2ccc3c(c2)[C@]2(C[C@@]4(CCCOC4)O3)N=C(N)N(C)C2=O)cc1OC. The molecule has 0 radical (unpaired) electrons. The van der Waals surface area contributed by atoms with Crippen molar-refractivity contribution in [2.45, 2.75) is 30.4 Å². The highest BCUT2D eigenvalue weighted by molar-refractivity contribution is 6.07. The number of methoxy groups -OCH3 is 2. The molecule has 0 bridgehead atoms. The molecule has 2 atom stereocenters. The maximum absolute atomic E-state index is 13.5. The predicted molar refractivity (Wildman–Crippen MR) is 119 cm³/mol. The second kappa shape index (κ2) is 7.41. The number of carbonyl (C=O) groups excluding carboxylic acids is 1. The van der Waals surface area contributed by atoms with Crippen LogP contribution in [0.3, 0.4) is 0 Å². The summed E-state index contributed by atoms with van der Waals surface area (Å²) in [6.07, 6.45) is 2.07. The van der Waals surface area contributed by atoms with Crippen LogP contribution in [0.25, 0.3) is 11.1 Å². The van der Waals surface area contributed by atoms with Crippen LogP contribution >= 0.6 is 0 Å². The van der Waals surface area contributed by atoms with Crippen LogP contribution in [0.5, 0.6) is 17.2 Å². The molecule has 8 nitrogen and oxygen atoms in total. The van der Waals surface area contributed by atoms with Gasteiger partial charge in [0.1, 0.15) is 11.4 Å². The molecule has 2 aromatic rings. The lowest BCUT2D eigenvalue weighted by Gasteiger charge is -2.46. The largest absolute Gasteiger partial charge is 0.493 e. The molecule has 2 spiro atoms. The van der Waals surface area contributed by atoms with E-state index in [0.29, 0.717) is 36.9 Å². The molecular weight excluding hydrogens is 410 g/mol. The quantitative estimate of drug-likeness (QED) is 0.793. The highest BCUT2D eigenvalue weighted by atomic mass is 16.5. The molecular formula is C24H27N3O5. The molecule has 5 rings (SSSR count). The molecule has 0 unspecified atom stereocenters. The normalized spacial score (nSPS) is 26.7. The molecule has 168 valence electrons. The minimum Gasteiger partial charge on any atom is -0.493 e. The Hall–Kier alpha value is -3.26. The number of nitrogens with zero attached hydrogens (tertiary/aromatic N) is 2. The minimum atomic E-state index is -1.13. The number of hydrogen-bond donors (Lipinski definition) is 1. The molecule has 2 N–H and O–H groups in total. The molecule has 8 heteroatoms. The van der Waals surface area contributed by atoms with E-state index in [1.807, 2.05) is 36.4 Å². The first-order chi connectivity index (χ1) is 15.4. The van der Waals surface area contributed by atoms with E-state index in [4.69, 9.17) is 29.7 Å². The fourth-order valence-corrected chi connectivity index (χ4v) is 5.01. The number of fused-ring (bicyclic) bond motifs is 2. The van der Waals surface area contributed by atoms with Crippen molar-refractivity contribution in [2.75, 3.05) is 34.5 Å². The van der Waals surface area contributed by atoms with Crippen molar-refractivity contribution in [2.24, 2.45) is 10.7 Å². The van der Waals surface area contributed by atoms with E-state index in [1.54, 1.807) is 21.3 Å². The summed E-state index contributed by atoms with van der Waals surface area (Å²) in [5, 5.41) is 0. The standard InChI is InChI=1S/C24H27N3O5/c1-27-21(28)24(26-22(27)25)13-23(9-4-10-31-14-23)32-18-7-5-15(11-17(18)24)16-6-8-19(29-2)20(12-16)30-3/h5-8,11-12H,4,9-10,13-14H2,1-3H3,(H2,25,26)/t23-,24+/m1/s1. The lowest BCUT2D eigenvalue weighted by Crippen LogP contribution is -2.55. The highest BCUT2D eigenvalue weighted by Crippen LogP contribution is 2.52. The third-order valence-corrected chi connectivity index (χ3v) is 6.64. The molecule has 0 saturated carbocycles. The maximum Gasteiger partial charge on any atom is 0.261 e. The number of hydrogen-bond acceptors (Lipinski definition) is 7. The van der Waals surface area contributed by atoms with Crippen LogP contribution in [0.2, 0.25) is 0 Å². The van der Waals surface area contributed by atoms with E-state index in [0.717, 1.165) is 29.5 Å². The van der Waals surface area contributed by atoms with E-state index in [-0.39, 0.29) is 11.9 Å². The minimum absolute atomic E-state index is 0.144. The van der Waals surface area contributed by atoms with Gasteiger partial charge in [0.2, 0.25) is 0 Å². The van der Waals surface area contributed by atoms with E-state index in [9.17, 15) is 4.79 Å². The number of likely N-dealkylation sites (N-methyl/N-ethyl adjacent to an activating group) is 1. The summed E-state index contributed by atoms with van der Waals surface area (Å²) in [5.74, 6) is 2.00. The summed E-state index contributed by atoms with van der Waals surface area (Å²) in [7, 11) is 4.87. The Labute approximate surface area is 186 Å². The van der Waals surface area contributed by atoms with E-state index in [1.165, 1.54) is 4.90 Å². The average molecular weight is 437 g/mol. The molecule has 3 aliphatic heterocycles. The first kappa shape index (κ1) is 20.6. The third-order valence-electron chi connectivity index (χ3n) is 6.64. The summed E-state index contributed by atoms with van der Waals surface area (Å²) in [5.41, 5.74) is 6.96. The number of aliphatic imine (C=N–C) groups is 1. The fraction of sp³-hybridized carbons (Fsp3) is 0.417. The molecule has 2 aromatic carbocycles. The van der Waals surface area contributed by atoms with Crippen LogP contribution in [0.15, 0.2) is 41.4 Å². The van der Waals surface area contributed by atoms with Crippen molar-refractivity contribution in [3.8, 4) is 28.4 Å². The van der Waals surface area contributed by atoms with Gasteiger partial charge in [0, 0.05) is 25.6 Å². The second-order valence-electron chi connectivity index (χ2n) is 8.59. The second-order valence-corrected chi connectivity index (χ2v) is 8.59. The van der Waals surface area contributed by atoms with Crippen LogP contribution in [0, 0.1) is 0 Å². The Balaban J connectivity index is 1.65. The van der Waals surface area contributed by atoms with Gasteiger partial charge in [-0.2, -0.15) is 0 Å². The molecule has 0 aliphatic carbocycles. The van der Waals surface area contributed by atoms with E-state index < -0.39 is 11.1 Å². The van der Waals surface area contributed by atoms with Gasteiger partial charge in [-0.05, 0) is 48.2 Å². The maximum atomic E-state index is 13.5. The van der Waals surface area contributed by atoms with Crippen molar-refractivity contribution >= 4 is 11.9 Å². The molecule has 1 saturated heterocycles. The first-order valence-corrected chi connectivity index (χ1v) is 10.7. The Morgan fingerprint density at radius 1 is 1.09 bits per heavy atom. The smallest absolute Gasteiger partial charge is 0.261 e. The van der Waals surface area contributed by atoms with Crippen LogP contribution in [-0.2, 0) is 15.1 Å². The van der Waals surface area contributed by atoms with Gasteiger partial charge in [0.05, 0.1) is 20.8 Å². The lowest BCUT2D eigenvalue weighted by molar-refractivity contribution is -0.139. The number of ether oxygens (including phenoxy) is 4. The first-order valence-electron chi connectivity index (χ1n) is 10.7. The zero-order valence-electron chi connectivity index (χ0n) is 18.5. The zero-order valence-corrected chi connectivity index (χ0v) is 18.5. The van der Waals surface area contributed by atoms with Gasteiger partial charge in [-0.15, -0.1) is 0 Å². The van der Waals surface area contributed by atoms with Gasteiger partial charge >= 0.3 is 0 Å². The molecule has 0 aromatic heterocycles. The van der Waals surface area contributed by atoms with Crippen molar-refractivity contribution in [3.63, 3.8) is 0 Å². The summed E-state index contributed by atoms with van der Waals surface area (Å²) in [6.45, 7) is 1.13. The van der Waals surface area contributed by atoms with Gasteiger partial charge < -0.3 is 24.7 Å². The van der Waals surface area contributed by atoms with Crippen LogP contribution in [-0.4, -0.2) is 56.8 Å². The summed E-state index contributed by atoms with van der Waals surface area (Å²) < 4.78 is 23.1. The molecule has 3 heterocycles. The summed E-state index contributed by atoms with van der Waals surface area (Å²) >= 11 is 0. The van der Waals surface area contributed by atoms with Crippen LogP contribution in [0.1, 0.15) is 24.8 Å². The molecule has 32 heavy (non-hydrogen) atoms. The number of carbonyl (C=O) groups is 1. The topological polar surface area (TPSA) is 95.6 Å². The summed E-state index contributed by atoms with van der Waals surface area (Å²) in [6, 6.07) is 11.6. The van der Waals surface area contributed by atoms with Crippen molar-refractivity contribution in [3.05, 3.63) is 42.0 Å². The molecule has 3 aliphatic rings. The van der Waals surface area contributed by atoms with Gasteiger partial charge in [0.25, 0.3) is 5.91 Å². The Kier molecular flexibility index (Phi) is 4.78. The number of benzene rings is 2.